The molecule has 114 valence electrons. The molecule has 0 atom stereocenters. The van der Waals surface area contributed by atoms with Gasteiger partial charge in [0.15, 0.2) is 0 Å². The lowest BCUT2D eigenvalue weighted by atomic mass is 10.1. The minimum absolute atomic E-state index is 0.515. The molecule has 0 bridgehead atoms. The summed E-state index contributed by atoms with van der Waals surface area (Å²) in [6, 6.07) is 6.87. The van der Waals surface area contributed by atoms with Crippen LogP contribution in [0.25, 0.3) is 0 Å². The van der Waals surface area contributed by atoms with E-state index in [4.69, 9.17) is 4.42 Å². The first-order valence-corrected chi connectivity index (χ1v) is 7.31. The standard InChI is InChI=1S/C16H24N4O/c1-11(2)9-17-10-15-18-19-16(21-15)20(5)14-7-12(3)6-13(4)8-14/h6-8,11,17H,9-10H2,1-5H3. The predicted octanol–water partition coefficient (Wildman–Crippen LogP) is 3.20. The van der Waals surface area contributed by atoms with Crippen LogP contribution in [0.3, 0.4) is 0 Å². The molecular formula is C16H24N4O. The quantitative estimate of drug-likeness (QED) is 0.884. The molecule has 1 N–H and O–H groups in total. The van der Waals surface area contributed by atoms with Crippen molar-refractivity contribution in [3.8, 4) is 0 Å². The fraction of sp³-hybridized carbons (Fsp3) is 0.500. The molecule has 0 fully saturated rings. The Morgan fingerprint density at radius 1 is 1.14 bits per heavy atom. The Balaban J connectivity index is 2.06. The maximum Gasteiger partial charge on any atom is 0.322 e. The number of hydrogen-bond acceptors (Lipinski definition) is 5. The minimum Gasteiger partial charge on any atom is -0.406 e. The number of rotatable bonds is 6. The van der Waals surface area contributed by atoms with Gasteiger partial charge in [0.25, 0.3) is 0 Å². The van der Waals surface area contributed by atoms with Crippen LogP contribution >= 0.6 is 0 Å². The van der Waals surface area contributed by atoms with Crippen molar-refractivity contribution in [1.82, 2.24) is 15.5 Å². The molecule has 0 saturated carbocycles. The van der Waals surface area contributed by atoms with Crippen molar-refractivity contribution < 1.29 is 4.42 Å². The number of aryl methyl sites for hydroxylation is 2. The predicted molar refractivity (Wildman–Crippen MR) is 84.8 cm³/mol. The van der Waals surface area contributed by atoms with Gasteiger partial charge in [-0.2, -0.15) is 0 Å². The van der Waals surface area contributed by atoms with E-state index in [1.807, 2.05) is 11.9 Å². The van der Waals surface area contributed by atoms with Crippen LogP contribution < -0.4 is 10.2 Å². The van der Waals surface area contributed by atoms with Gasteiger partial charge in [0, 0.05) is 12.7 Å². The van der Waals surface area contributed by atoms with E-state index in [9.17, 15) is 0 Å². The molecular weight excluding hydrogens is 264 g/mol. The SMILES string of the molecule is Cc1cc(C)cc(N(C)c2nnc(CNCC(C)C)o2)c1. The fourth-order valence-corrected chi connectivity index (χ4v) is 2.17. The molecule has 0 aliphatic rings. The zero-order valence-electron chi connectivity index (χ0n) is 13.5. The molecule has 5 heteroatoms. The summed E-state index contributed by atoms with van der Waals surface area (Å²) in [5.74, 6) is 1.22. The molecule has 0 aliphatic heterocycles. The van der Waals surface area contributed by atoms with Gasteiger partial charge < -0.3 is 9.73 Å². The largest absolute Gasteiger partial charge is 0.406 e. The maximum atomic E-state index is 5.70. The van der Waals surface area contributed by atoms with Crippen molar-refractivity contribution in [1.29, 1.82) is 0 Å². The van der Waals surface area contributed by atoms with Crippen molar-refractivity contribution in [2.75, 3.05) is 18.5 Å². The lowest BCUT2D eigenvalue weighted by Crippen LogP contribution is -2.19. The highest BCUT2D eigenvalue weighted by molar-refractivity contribution is 5.57. The summed E-state index contributed by atoms with van der Waals surface area (Å²) < 4.78 is 5.70. The van der Waals surface area contributed by atoms with Crippen molar-refractivity contribution in [2.45, 2.75) is 34.2 Å². The first-order valence-electron chi connectivity index (χ1n) is 7.31. The van der Waals surface area contributed by atoms with E-state index in [-0.39, 0.29) is 0 Å². The molecule has 5 nitrogen and oxygen atoms in total. The van der Waals surface area contributed by atoms with Gasteiger partial charge in [-0.1, -0.05) is 25.0 Å². The van der Waals surface area contributed by atoms with Gasteiger partial charge in [-0.05, 0) is 49.6 Å². The zero-order valence-corrected chi connectivity index (χ0v) is 13.5. The molecule has 0 spiro atoms. The van der Waals surface area contributed by atoms with Crippen LogP contribution in [0.5, 0.6) is 0 Å². The Morgan fingerprint density at radius 3 is 2.43 bits per heavy atom. The van der Waals surface area contributed by atoms with E-state index in [0.29, 0.717) is 24.4 Å². The topological polar surface area (TPSA) is 54.2 Å². The molecule has 1 aromatic heterocycles. The molecule has 0 unspecified atom stereocenters. The number of nitrogens with one attached hydrogen (secondary N) is 1. The number of aromatic nitrogens is 2. The van der Waals surface area contributed by atoms with Crippen LogP contribution in [0.4, 0.5) is 11.7 Å². The summed E-state index contributed by atoms with van der Waals surface area (Å²) in [6.45, 7) is 10.0. The summed E-state index contributed by atoms with van der Waals surface area (Å²) >= 11 is 0. The monoisotopic (exact) mass is 288 g/mol. The number of anilines is 2. The number of benzene rings is 1. The van der Waals surface area contributed by atoms with Crippen LogP contribution in [0, 0.1) is 19.8 Å². The summed E-state index contributed by atoms with van der Waals surface area (Å²) in [5, 5.41) is 11.5. The third kappa shape index (κ3) is 4.29. The average Bonchev–Trinajstić information content (AvgIpc) is 2.85. The summed E-state index contributed by atoms with van der Waals surface area (Å²) in [6.07, 6.45) is 0. The van der Waals surface area contributed by atoms with E-state index in [1.165, 1.54) is 11.1 Å². The molecule has 1 aromatic carbocycles. The molecule has 0 radical (unpaired) electrons. The number of nitrogens with zero attached hydrogens (tertiary/aromatic N) is 3. The Morgan fingerprint density at radius 2 is 1.81 bits per heavy atom. The third-order valence-electron chi connectivity index (χ3n) is 3.17. The second kappa shape index (κ2) is 6.72. The zero-order chi connectivity index (χ0) is 15.4. The molecule has 0 aliphatic carbocycles. The van der Waals surface area contributed by atoms with Crippen molar-refractivity contribution in [3.63, 3.8) is 0 Å². The Hall–Kier alpha value is -1.88. The molecule has 21 heavy (non-hydrogen) atoms. The van der Waals surface area contributed by atoms with Gasteiger partial charge in [-0.15, -0.1) is 5.10 Å². The van der Waals surface area contributed by atoms with E-state index in [0.717, 1.165) is 12.2 Å². The number of hydrogen-bond donors (Lipinski definition) is 1. The van der Waals surface area contributed by atoms with E-state index < -0.39 is 0 Å². The molecule has 0 saturated heterocycles. The van der Waals surface area contributed by atoms with E-state index in [2.05, 4.69) is 61.4 Å². The van der Waals surface area contributed by atoms with Gasteiger partial charge in [0.1, 0.15) is 0 Å². The lowest BCUT2D eigenvalue weighted by Gasteiger charge is -2.15. The summed E-state index contributed by atoms with van der Waals surface area (Å²) in [5.41, 5.74) is 3.49. The van der Waals surface area contributed by atoms with Crippen LogP contribution in [0.15, 0.2) is 22.6 Å². The van der Waals surface area contributed by atoms with Gasteiger partial charge >= 0.3 is 6.01 Å². The molecule has 0 amide bonds. The van der Waals surface area contributed by atoms with Crippen molar-refractivity contribution in [3.05, 3.63) is 35.2 Å². The van der Waals surface area contributed by atoms with E-state index in [1.54, 1.807) is 0 Å². The van der Waals surface area contributed by atoms with Crippen LogP contribution in [-0.2, 0) is 6.54 Å². The van der Waals surface area contributed by atoms with Gasteiger partial charge in [0.2, 0.25) is 5.89 Å². The second-order valence-electron chi connectivity index (χ2n) is 5.91. The fourth-order valence-electron chi connectivity index (χ4n) is 2.17. The van der Waals surface area contributed by atoms with Gasteiger partial charge in [0.05, 0.1) is 6.54 Å². The molecule has 2 aromatic rings. The minimum atomic E-state index is 0.515. The second-order valence-corrected chi connectivity index (χ2v) is 5.91. The highest BCUT2D eigenvalue weighted by Gasteiger charge is 2.13. The third-order valence-corrected chi connectivity index (χ3v) is 3.17. The van der Waals surface area contributed by atoms with Crippen LogP contribution in [-0.4, -0.2) is 23.8 Å². The van der Waals surface area contributed by atoms with Gasteiger partial charge in [-0.25, -0.2) is 0 Å². The van der Waals surface area contributed by atoms with Gasteiger partial charge in [-0.3, -0.25) is 4.90 Å². The molecule has 2 rings (SSSR count). The maximum absolute atomic E-state index is 5.70. The molecule has 1 heterocycles. The Labute approximate surface area is 126 Å². The van der Waals surface area contributed by atoms with Crippen molar-refractivity contribution in [2.24, 2.45) is 5.92 Å². The lowest BCUT2D eigenvalue weighted by molar-refractivity contribution is 0.455. The highest BCUT2D eigenvalue weighted by Crippen LogP contribution is 2.24. The Bertz CT molecular complexity index is 571. The normalized spacial score (nSPS) is 11.1. The first-order chi connectivity index (χ1) is 9.95. The smallest absolute Gasteiger partial charge is 0.322 e. The van der Waals surface area contributed by atoms with Crippen LogP contribution in [0.2, 0.25) is 0 Å². The Kier molecular flexibility index (Phi) is 4.96. The van der Waals surface area contributed by atoms with Crippen molar-refractivity contribution >= 4 is 11.7 Å². The van der Waals surface area contributed by atoms with E-state index >= 15 is 0 Å². The summed E-state index contributed by atoms with van der Waals surface area (Å²) in [4.78, 5) is 1.92. The van der Waals surface area contributed by atoms with Crippen LogP contribution in [0.1, 0.15) is 30.9 Å². The highest BCUT2D eigenvalue weighted by atomic mass is 16.4. The first kappa shape index (κ1) is 15.5. The summed E-state index contributed by atoms with van der Waals surface area (Å²) in [7, 11) is 1.94. The average molecular weight is 288 g/mol.